The Hall–Kier alpha value is -0.400. The highest BCUT2D eigenvalue weighted by atomic mass is 16.3. The van der Waals surface area contributed by atoms with Gasteiger partial charge in [-0.05, 0) is 55.3 Å². The summed E-state index contributed by atoms with van der Waals surface area (Å²) in [6.45, 7) is 7.24. The van der Waals surface area contributed by atoms with Crippen LogP contribution in [0.1, 0.15) is 65.7 Å². The van der Waals surface area contributed by atoms with Crippen molar-refractivity contribution in [2.24, 2.45) is 34.8 Å². The Balaban J connectivity index is 2.09. The molecule has 6 atom stereocenters. The van der Waals surface area contributed by atoms with Crippen molar-refractivity contribution in [1.29, 1.82) is 0 Å². The first-order chi connectivity index (χ1) is 8.67. The zero-order valence-corrected chi connectivity index (χ0v) is 12.3. The van der Waals surface area contributed by atoms with E-state index in [4.69, 9.17) is 0 Å². The van der Waals surface area contributed by atoms with Crippen LogP contribution in [-0.2, 0) is 0 Å². The molecular formula is C16H29NO. The van der Waals surface area contributed by atoms with Gasteiger partial charge in [0.15, 0.2) is 0 Å². The summed E-state index contributed by atoms with van der Waals surface area (Å²) in [5.41, 5.74) is 0. The van der Waals surface area contributed by atoms with Gasteiger partial charge in [-0.25, -0.2) is 0 Å². The number of nitrogens with zero attached hydrogens (tertiary/aromatic N) is 1. The monoisotopic (exact) mass is 251 g/mol. The second kappa shape index (κ2) is 6.16. The minimum Gasteiger partial charge on any atom is -0.151 e. The molecule has 2 rings (SSSR count). The first-order valence-electron chi connectivity index (χ1n) is 7.99. The summed E-state index contributed by atoms with van der Waals surface area (Å²) >= 11 is 0. The zero-order valence-electron chi connectivity index (χ0n) is 12.3. The first-order valence-corrected chi connectivity index (χ1v) is 7.99. The summed E-state index contributed by atoms with van der Waals surface area (Å²) in [6, 6.07) is 0.122. The Morgan fingerprint density at radius 3 is 2.56 bits per heavy atom. The Kier molecular flexibility index (Phi) is 4.80. The smallest absolute Gasteiger partial charge is 0.0922 e. The van der Waals surface area contributed by atoms with Gasteiger partial charge in [-0.1, -0.05) is 45.2 Å². The Bertz CT molecular complexity index is 278. The van der Waals surface area contributed by atoms with Crippen LogP contribution in [0.25, 0.3) is 0 Å². The number of fused-ring (bicyclic) bond motifs is 1. The highest BCUT2D eigenvalue weighted by molar-refractivity contribution is 4.91. The van der Waals surface area contributed by atoms with Crippen molar-refractivity contribution in [3.05, 3.63) is 4.91 Å². The summed E-state index contributed by atoms with van der Waals surface area (Å²) in [4.78, 5) is 10.8. The van der Waals surface area contributed by atoms with Gasteiger partial charge in [0, 0.05) is 0 Å². The molecule has 5 unspecified atom stereocenters. The van der Waals surface area contributed by atoms with E-state index in [0.29, 0.717) is 0 Å². The summed E-state index contributed by atoms with van der Waals surface area (Å²) in [6.07, 6.45) is 8.77. The third-order valence-corrected chi connectivity index (χ3v) is 5.86. The molecule has 0 aromatic carbocycles. The van der Waals surface area contributed by atoms with E-state index in [0.717, 1.165) is 42.4 Å². The third kappa shape index (κ3) is 2.78. The molecule has 2 aliphatic carbocycles. The maximum Gasteiger partial charge on any atom is 0.0922 e. The topological polar surface area (TPSA) is 29.4 Å². The Labute approximate surface area is 112 Å². The van der Waals surface area contributed by atoms with Crippen LogP contribution in [0.15, 0.2) is 5.18 Å². The van der Waals surface area contributed by atoms with E-state index in [1.807, 2.05) is 0 Å². The van der Waals surface area contributed by atoms with Gasteiger partial charge in [-0.3, -0.25) is 0 Å². The van der Waals surface area contributed by atoms with E-state index in [-0.39, 0.29) is 6.04 Å². The van der Waals surface area contributed by atoms with Crippen molar-refractivity contribution >= 4 is 0 Å². The highest BCUT2D eigenvalue weighted by Crippen LogP contribution is 2.48. The van der Waals surface area contributed by atoms with Crippen molar-refractivity contribution in [1.82, 2.24) is 0 Å². The quantitative estimate of drug-likeness (QED) is 0.647. The molecule has 104 valence electrons. The lowest BCUT2D eigenvalue weighted by atomic mass is 9.67. The van der Waals surface area contributed by atoms with E-state index >= 15 is 0 Å². The predicted molar refractivity (Wildman–Crippen MR) is 76.4 cm³/mol. The molecule has 0 N–H and O–H groups in total. The summed E-state index contributed by atoms with van der Waals surface area (Å²) in [7, 11) is 0. The molecule has 0 aliphatic heterocycles. The largest absolute Gasteiger partial charge is 0.151 e. The van der Waals surface area contributed by atoms with Gasteiger partial charge in [-0.15, -0.1) is 0 Å². The van der Waals surface area contributed by atoms with Gasteiger partial charge < -0.3 is 0 Å². The standard InChI is InChI=1S/C16H29NO/c1-4-5-15-11(2)6-7-13-10-14(17-18)8-9-16(13)12(15)3/h11-16H,4-10H2,1-3H3/t11?,12?,13?,14?,15?,16-/m1/s1. The molecule has 0 saturated heterocycles. The molecule has 0 bridgehead atoms. The molecule has 0 amide bonds. The Morgan fingerprint density at radius 2 is 1.89 bits per heavy atom. The molecule has 0 aromatic rings. The SMILES string of the molecule is CCCC1C(C)CCC2CC(N=O)CC[C@@H]2C1C. The molecule has 0 radical (unpaired) electrons. The number of rotatable bonds is 3. The molecule has 2 nitrogen and oxygen atoms in total. The van der Waals surface area contributed by atoms with Crippen LogP contribution in [0.2, 0.25) is 0 Å². The summed E-state index contributed by atoms with van der Waals surface area (Å²) in [5.74, 6) is 4.27. The van der Waals surface area contributed by atoms with E-state index in [1.54, 1.807) is 0 Å². The van der Waals surface area contributed by atoms with E-state index in [1.165, 1.54) is 32.1 Å². The molecule has 18 heavy (non-hydrogen) atoms. The zero-order chi connectivity index (χ0) is 13.1. The second-order valence-corrected chi connectivity index (χ2v) is 6.86. The van der Waals surface area contributed by atoms with Crippen molar-refractivity contribution < 1.29 is 0 Å². The molecule has 2 saturated carbocycles. The lowest BCUT2D eigenvalue weighted by molar-refractivity contribution is 0.118. The van der Waals surface area contributed by atoms with Gasteiger partial charge in [0.05, 0.1) is 6.04 Å². The molecule has 2 aliphatic rings. The maximum atomic E-state index is 10.8. The Morgan fingerprint density at radius 1 is 1.11 bits per heavy atom. The van der Waals surface area contributed by atoms with Crippen LogP contribution < -0.4 is 0 Å². The fraction of sp³-hybridized carbons (Fsp3) is 1.00. The number of hydrogen-bond donors (Lipinski definition) is 0. The van der Waals surface area contributed by atoms with Gasteiger partial charge in [0.1, 0.15) is 0 Å². The minimum atomic E-state index is 0.122. The summed E-state index contributed by atoms with van der Waals surface area (Å²) in [5, 5.41) is 3.32. The molecule has 0 spiro atoms. The molecule has 0 aromatic heterocycles. The fourth-order valence-corrected chi connectivity index (χ4v) is 4.79. The first kappa shape index (κ1) is 14.0. The molecule has 2 heteroatoms. The van der Waals surface area contributed by atoms with Crippen molar-refractivity contribution in [2.45, 2.75) is 71.8 Å². The van der Waals surface area contributed by atoms with Crippen LogP contribution in [-0.4, -0.2) is 6.04 Å². The number of nitroso groups, excluding NO2 is 1. The molecule has 2 fully saturated rings. The van der Waals surface area contributed by atoms with Crippen LogP contribution in [0, 0.1) is 34.5 Å². The molecule has 0 heterocycles. The van der Waals surface area contributed by atoms with Gasteiger partial charge in [-0.2, -0.15) is 4.91 Å². The van der Waals surface area contributed by atoms with Crippen molar-refractivity contribution in [3.8, 4) is 0 Å². The summed E-state index contributed by atoms with van der Waals surface area (Å²) < 4.78 is 0. The second-order valence-electron chi connectivity index (χ2n) is 6.86. The predicted octanol–water partition coefficient (Wildman–Crippen LogP) is 5.02. The maximum absolute atomic E-state index is 10.8. The lowest BCUT2D eigenvalue weighted by Gasteiger charge is -2.38. The van der Waals surface area contributed by atoms with Gasteiger partial charge >= 0.3 is 0 Å². The average Bonchev–Trinajstić information content (AvgIpc) is 2.51. The van der Waals surface area contributed by atoms with Crippen molar-refractivity contribution in [3.63, 3.8) is 0 Å². The van der Waals surface area contributed by atoms with Crippen molar-refractivity contribution in [2.75, 3.05) is 0 Å². The number of hydrogen-bond acceptors (Lipinski definition) is 2. The highest BCUT2D eigenvalue weighted by Gasteiger charge is 2.40. The normalized spacial score (nSPS) is 45.1. The molecular weight excluding hydrogens is 222 g/mol. The van der Waals surface area contributed by atoms with Crippen LogP contribution in [0.4, 0.5) is 0 Å². The third-order valence-electron chi connectivity index (χ3n) is 5.86. The van der Waals surface area contributed by atoms with Gasteiger partial charge in [0.25, 0.3) is 0 Å². The van der Waals surface area contributed by atoms with E-state index in [2.05, 4.69) is 25.9 Å². The fourth-order valence-electron chi connectivity index (χ4n) is 4.79. The van der Waals surface area contributed by atoms with E-state index < -0.39 is 0 Å². The van der Waals surface area contributed by atoms with Crippen LogP contribution in [0.5, 0.6) is 0 Å². The minimum absolute atomic E-state index is 0.122. The van der Waals surface area contributed by atoms with Crippen LogP contribution in [0.3, 0.4) is 0 Å². The van der Waals surface area contributed by atoms with Gasteiger partial charge in [0.2, 0.25) is 0 Å². The van der Waals surface area contributed by atoms with E-state index in [9.17, 15) is 4.91 Å². The average molecular weight is 251 g/mol. The van der Waals surface area contributed by atoms with Crippen LogP contribution >= 0.6 is 0 Å². The lowest BCUT2D eigenvalue weighted by Crippen LogP contribution is -2.32.